The number of aliphatic carboxylic acids is 1. The van der Waals surface area contributed by atoms with Gasteiger partial charge in [0.05, 0.1) is 0 Å². The van der Waals surface area contributed by atoms with Gasteiger partial charge in [-0.25, -0.2) is 4.79 Å². The predicted octanol–water partition coefficient (Wildman–Crippen LogP) is 1.17. The van der Waals surface area contributed by atoms with Gasteiger partial charge in [0.15, 0.2) is 0 Å². The Balaban J connectivity index is 2.53. The van der Waals surface area contributed by atoms with Crippen LogP contribution in [0.4, 0.5) is 4.79 Å². The summed E-state index contributed by atoms with van der Waals surface area (Å²) in [5.74, 6) is -0.345. The van der Waals surface area contributed by atoms with Gasteiger partial charge < -0.3 is 14.9 Å². The lowest BCUT2D eigenvalue weighted by Crippen LogP contribution is -2.55. The summed E-state index contributed by atoms with van der Waals surface area (Å²) in [5.41, 5.74) is 0. The topological polar surface area (TPSA) is 64.1 Å². The fraction of sp³-hybridized carbons (Fsp3) is 0.857. The second-order valence-corrected chi connectivity index (χ2v) is 6.08. The Labute approximate surface area is 121 Å². The molecule has 0 atom stereocenters. The van der Waals surface area contributed by atoms with Crippen molar-refractivity contribution >= 4 is 12.0 Å². The fourth-order valence-corrected chi connectivity index (χ4v) is 2.44. The number of piperazine rings is 1. The van der Waals surface area contributed by atoms with Gasteiger partial charge in [-0.15, -0.1) is 0 Å². The molecule has 0 radical (unpaired) electrons. The number of carbonyl (C=O) groups excluding carboxylic acids is 1. The Morgan fingerprint density at radius 1 is 1.10 bits per heavy atom. The van der Waals surface area contributed by atoms with E-state index in [0.29, 0.717) is 19.0 Å². The van der Waals surface area contributed by atoms with E-state index in [1.54, 1.807) is 4.90 Å². The molecule has 1 saturated heterocycles. The number of rotatable bonds is 5. The molecule has 0 aromatic carbocycles. The van der Waals surface area contributed by atoms with Crippen molar-refractivity contribution in [1.82, 2.24) is 14.7 Å². The molecule has 0 unspecified atom stereocenters. The third-order valence-corrected chi connectivity index (χ3v) is 3.44. The van der Waals surface area contributed by atoms with Crippen LogP contribution in [0.25, 0.3) is 0 Å². The minimum atomic E-state index is -0.967. The van der Waals surface area contributed by atoms with Gasteiger partial charge in [-0.3, -0.25) is 9.69 Å². The van der Waals surface area contributed by atoms with Gasteiger partial charge in [0, 0.05) is 38.8 Å². The molecule has 0 aromatic rings. The van der Waals surface area contributed by atoms with Crippen molar-refractivity contribution in [3.63, 3.8) is 0 Å². The van der Waals surface area contributed by atoms with Gasteiger partial charge in [0.1, 0.15) is 6.54 Å². The summed E-state index contributed by atoms with van der Waals surface area (Å²) in [5, 5.41) is 8.90. The monoisotopic (exact) mass is 285 g/mol. The maximum absolute atomic E-state index is 12.4. The number of carbonyl (C=O) groups is 2. The van der Waals surface area contributed by atoms with Gasteiger partial charge in [-0.05, 0) is 19.8 Å². The van der Waals surface area contributed by atoms with E-state index in [9.17, 15) is 9.59 Å². The van der Waals surface area contributed by atoms with Gasteiger partial charge in [-0.1, -0.05) is 13.8 Å². The summed E-state index contributed by atoms with van der Waals surface area (Å²) in [7, 11) is 0. The summed E-state index contributed by atoms with van der Waals surface area (Å²) in [6.07, 6.45) is 0. The third-order valence-electron chi connectivity index (χ3n) is 3.44. The second kappa shape index (κ2) is 7.47. The van der Waals surface area contributed by atoms with Gasteiger partial charge in [0.2, 0.25) is 0 Å². The van der Waals surface area contributed by atoms with Crippen LogP contribution in [0.2, 0.25) is 0 Å². The van der Waals surface area contributed by atoms with Gasteiger partial charge in [0.25, 0.3) is 0 Å². The lowest BCUT2D eigenvalue weighted by atomic mass is 10.2. The van der Waals surface area contributed by atoms with E-state index in [4.69, 9.17) is 5.11 Å². The number of hydrogen-bond acceptors (Lipinski definition) is 3. The Kier molecular flexibility index (Phi) is 6.26. The highest BCUT2D eigenvalue weighted by atomic mass is 16.4. The zero-order valence-corrected chi connectivity index (χ0v) is 13.0. The number of hydrogen-bond donors (Lipinski definition) is 1. The highest BCUT2D eigenvalue weighted by Crippen LogP contribution is 2.10. The first-order chi connectivity index (χ1) is 9.31. The maximum atomic E-state index is 12.4. The van der Waals surface area contributed by atoms with E-state index in [-0.39, 0.29) is 18.6 Å². The van der Waals surface area contributed by atoms with Crippen molar-refractivity contribution < 1.29 is 14.7 Å². The molecule has 6 heteroatoms. The smallest absolute Gasteiger partial charge is 0.323 e. The summed E-state index contributed by atoms with van der Waals surface area (Å²) in [4.78, 5) is 28.8. The molecule has 0 saturated carbocycles. The molecule has 1 rings (SSSR count). The molecule has 1 fully saturated rings. The average molecular weight is 285 g/mol. The van der Waals surface area contributed by atoms with Crippen LogP contribution in [-0.4, -0.2) is 77.1 Å². The molecule has 20 heavy (non-hydrogen) atoms. The van der Waals surface area contributed by atoms with Crippen molar-refractivity contribution in [1.29, 1.82) is 0 Å². The number of amides is 2. The minimum absolute atomic E-state index is 0.104. The summed E-state index contributed by atoms with van der Waals surface area (Å²) < 4.78 is 0. The summed E-state index contributed by atoms with van der Waals surface area (Å²) in [6, 6.07) is -0.265. The quantitative estimate of drug-likeness (QED) is 0.823. The van der Waals surface area contributed by atoms with E-state index in [1.165, 1.54) is 4.90 Å². The first-order valence-corrected chi connectivity index (χ1v) is 7.31. The zero-order valence-electron chi connectivity index (χ0n) is 13.0. The maximum Gasteiger partial charge on any atom is 0.323 e. The van der Waals surface area contributed by atoms with Crippen LogP contribution in [0.5, 0.6) is 0 Å². The Bertz CT molecular complexity index is 337. The number of carboxylic acids is 1. The average Bonchev–Trinajstić information content (AvgIpc) is 2.35. The molecule has 0 aliphatic carbocycles. The standard InChI is InChI=1S/C14H27N3O3/c1-11(2)9-15-5-7-16(8-6-15)14(20)17(12(3)4)10-13(18)19/h11-12H,5-10H2,1-4H3,(H,18,19). The van der Waals surface area contributed by atoms with Crippen molar-refractivity contribution in [3.05, 3.63) is 0 Å². The summed E-state index contributed by atoms with van der Waals surface area (Å²) in [6.45, 7) is 11.9. The van der Waals surface area contributed by atoms with Crippen LogP contribution in [0.1, 0.15) is 27.7 Å². The van der Waals surface area contributed by atoms with Crippen LogP contribution >= 0.6 is 0 Å². The van der Waals surface area contributed by atoms with Crippen molar-refractivity contribution in [2.24, 2.45) is 5.92 Å². The van der Waals surface area contributed by atoms with Gasteiger partial charge >= 0.3 is 12.0 Å². The molecule has 6 nitrogen and oxygen atoms in total. The van der Waals surface area contributed by atoms with E-state index < -0.39 is 5.97 Å². The number of carboxylic acid groups (broad SMARTS) is 1. The highest BCUT2D eigenvalue weighted by Gasteiger charge is 2.27. The molecule has 0 aromatic heterocycles. The van der Waals surface area contributed by atoms with Gasteiger partial charge in [-0.2, -0.15) is 0 Å². The van der Waals surface area contributed by atoms with E-state index in [2.05, 4.69) is 18.7 Å². The molecule has 2 amide bonds. The molecule has 0 spiro atoms. The van der Waals surface area contributed by atoms with Crippen molar-refractivity contribution in [2.75, 3.05) is 39.3 Å². The SMILES string of the molecule is CC(C)CN1CCN(C(=O)N(CC(=O)O)C(C)C)CC1. The second-order valence-electron chi connectivity index (χ2n) is 6.08. The molecule has 0 bridgehead atoms. The van der Waals surface area contributed by atoms with Crippen LogP contribution in [-0.2, 0) is 4.79 Å². The largest absolute Gasteiger partial charge is 0.480 e. The van der Waals surface area contributed by atoms with Crippen LogP contribution in [0, 0.1) is 5.92 Å². The number of nitrogens with zero attached hydrogens (tertiary/aromatic N) is 3. The molecule has 116 valence electrons. The van der Waals surface area contributed by atoms with E-state index in [1.807, 2.05) is 13.8 Å². The normalized spacial score (nSPS) is 16.8. The van der Waals surface area contributed by atoms with Crippen molar-refractivity contribution in [3.8, 4) is 0 Å². The molecule has 1 N–H and O–H groups in total. The molecule has 1 heterocycles. The first kappa shape index (κ1) is 16.8. The molecular formula is C14H27N3O3. The predicted molar refractivity (Wildman–Crippen MR) is 77.7 cm³/mol. The highest BCUT2D eigenvalue weighted by molar-refractivity contribution is 5.80. The van der Waals surface area contributed by atoms with Crippen LogP contribution < -0.4 is 0 Å². The van der Waals surface area contributed by atoms with Crippen LogP contribution in [0.3, 0.4) is 0 Å². The van der Waals surface area contributed by atoms with Crippen LogP contribution in [0.15, 0.2) is 0 Å². The Hall–Kier alpha value is -1.30. The third kappa shape index (κ3) is 5.00. The number of urea groups is 1. The lowest BCUT2D eigenvalue weighted by Gasteiger charge is -2.38. The van der Waals surface area contributed by atoms with E-state index in [0.717, 1.165) is 19.6 Å². The fourth-order valence-electron chi connectivity index (χ4n) is 2.44. The Morgan fingerprint density at radius 3 is 2.05 bits per heavy atom. The molecular weight excluding hydrogens is 258 g/mol. The minimum Gasteiger partial charge on any atom is -0.480 e. The molecule has 1 aliphatic rings. The van der Waals surface area contributed by atoms with E-state index >= 15 is 0 Å². The zero-order chi connectivity index (χ0) is 15.3. The van der Waals surface area contributed by atoms with Crippen molar-refractivity contribution in [2.45, 2.75) is 33.7 Å². The molecule has 1 aliphatic heterocycles. The lowest BCUT2D eigenvalue weighted by molar-refractivity contribution is -0.138. The Morgan fingerprint density at radius 2 is 1.65 bits per heavy atom. The summed E-state index contributed by atoms with van der Waals surface area (Å²) >= 11 is 0. The first-order valence-electron chi connectivity index (χ1n) is 7.31.